The average Bonchev–Trinajstić information content (AvgIpc) is 3.76. The van der Waals surface area contributed by atoms with Crippen LogP contribution in [-0.2, 0) is 14.9 Å². The molecule has 4 aromatic heterocycles. The number of aromatic hydroxyl groups is 1. The maximum atomic E-state index is 12.6. The Balaban J connectivity index is 0.951. The number of phenolic OH excluding ortho intramolecular Hbond substituents is 1. The van der Waals surface area contributed by atoms with Crippen molar-refractivity contribution in [1.29, 1.82) is 0 Å². The van der Waals surface area contributed by atoms with Crippen molar-refractivity contribution in [3.63, 3.8) is 0 Å². The van der Waals surface area contributed by atoms with Crippen molar-refractivity contribution in [2.75, 3.05) is 61.1 Å². The lowest BCUT2D eigenvalue weighted by molar-refractivity contribution is -0.149. The third-order valence-corrected chi connectivity index (χ3v) is 11.8. The van der Waals surface area contributed by atoms with Crippen molar-refractivity contribution in [1.82, 2.24) is 25.3 Å². The third kappa shape index (κ3) is 6.04. The lowest BCUT2D eigenvalue weighted by Gasteiger charge is -2.36. The molecular formula is C36H42N8O4S. The maximum absolute atomic E-state index is 12.6. The molecule has 1 unspecified atom stereocenters. The van der Waals surface area contributed by atoms with Crippen LogP contribution in [0.4, 0.5) is 17.5 Å². The molecule has 49 heavy (non-hydrogen) atoms. The molecule has 0 saturated carbocycles. The molecule has 2 aliphatic heterocycles. The molecule has 7 rings (SSSR count). The molecule has 2 saturated heterocycles. The largest absolute Gasteiger partial charge is 0.507 e. The molecule has 2 aliphatic rings. The minimum atomic E-state index is -0.900. The summed E-state index contributed by atoms with van der Waals surface area (Å²) in [6.07, 6.45) is 5.89. The highest BCUT2D eigenvalue weighted by Gasteiger charge is 2.44. The van der Waals surface area contributed by atoms with E-state index in [1.807, 2.05) is 57.4 Å². The van der Waals surface area contributed by atoms with Gasteiger partial charge < -0.3 is 29.1 Å². The minimum absolute atomic E-state index is 0.0141. The van der Waals surface area contributed by atoms with Crippen molar-refractivity contribution >= 4 is 45.0 Å². The van der Waals surface area contributed by atoms with Gasteiger partial charge in [-0.05, 0) is 62.3 Å². The molecule has 1 N–H and O–H groups in total. The van der Waals surface area contributed by atoms with E-state index in [4.69, 9.17) is 19.2 Å². The van der Waals surface area contributed by atoms with E-state index in [9.17, 15) is 9.90 Å². The van der Waals surface area contributed by atoms with Crippen LogP contribution in [-0.4, -0.2) is 82.8 Å². The van der Waals surface area contributed by atoms with Crippen LogP contribution < -0.4 is 14.7 Å². The fourth-order valence-corrected chi connectivity index (χ4v) is 8.20. The van der Waals surface area contributed by atoms with E-state index in [0.717, 1.165) is 79.8 Å². The van der Waals surface area contributed by atoms with Gasteiger partial charge in [0.05, 0.1) is 30.9 Å². The number of fused-ring (bicyclic) bond motifs is 1. The van der Waals surface area contributed by atoms with E-state index in [1.54, 1.807) is 17.4 Å². The number of hydrogen-bond acceptors (Lipinski definition) is 13. The van der Waals surface area contributed by atoms with Crippen LogP contribution in [0, 0.1) is 12.8 Å². The number of nitrogens with zero attached hydrogens (tertiary/aromatic N) is 8. The second kappa shape index (κ2) is 13.3. The van der Waals surface area contributed by atoms with E-state index in [2.05, 4.69) is 43.0 Å². The van der Waals surface area contributed by atoms with Gasteiger partial charge in [0.15, 0.2) is 11.6 Å². The number of anilines is 3. The van der Waals surface area contributed by atoms with Crippen LogP contribution in [0.2, 0.25) is 0 Å². The Kier molecular flexibility index (Phi) is 8.86. The van der Waals surface area contributed by atoms with Gasteiger partial charge in [0, 0.05) is 61.2 Å². The standard InChI is InChI=1S/C36H42N8O4S/c1-22(2)36(4,34(46)47-5)30-19-31(41-48-30)43-16-14-42(15-17-43)25-20-37-35(38-21-25)44-12-10-24(11-13-44)32-23(3)27-18-28(39-40-33(27)49-32)26-8-6-7-9-29(26)45/h6-9,18-22,24,45H,10-17H2,1-5H3. The first kappa shape index (κ1) is 32.8. The quantitative estimate of drug-likeness (QED) is 0.194. The Bertz CT molecular complexity index is 1940. The van der Waals surface area contributed by atoms with Gasteiger partial charge in [0.25, 0.3) is 0 Å². The Labute approximate surface area is 289 Å². The lowest BCUT2D eigenvalue weighted by atomic mass is 9.77. The molecule has 1 aromatic carbocycles. The van der Waals surface area contributed by atoms with Gasteiger partial charge in [-0.1, -0.05) is 31.1 Å². The van der Waals surface area contributed by atoms with Crippen molar-refractivity contribution in [2.24, 2.45) is 5.92 Å². The number of carbonyl (C=O) groups excluding carboxylic acids is 1. The highest BCUT2D eigenvalue weighted by molar-refractivity contribution is 7.18. The first-order valence-electron chi connectivity index (χ1n) is 16.8. The summed E-state index contributed by atoms with van der Waals surface area (Å²) < 4.78 is 10.8. The number of phenols is 1. The van der Waals surface area contributed by atoms with E-state index in [-0.39, 0.29) is 17.6 Å². The first-order valence-corrected chi connectivity index (χ1v) is 17.7. The normalized spacial score (nSPS) is 17.1. The predicted octanol–water partition coefficient (Wildman–Crippen LogP) is 5.95. The van der Waals surface area contributed by atoms with Gasteiger partial charge in [0.2, 0.25) is 5.95 Å². The molecule has 0 amide bonds. The summed E-state index contributed by atoms with van der Waals surface area (Å²) in [7, 11) is 1.40. The van der Waals surface area contributed by atoms with Crippen LogP contribution in [0.15, 0.2) is 53.3 Å². The summed E-state index contributed by atoms with van der Waals surface area (Å²) in [4.78, 5) is 31.2. The Hall–Kier alpha value is -4.78. The molecule has 0 spiro atoms. The number of aromatic nitrogens is 5. The molecule has 5 aromatic rings. The maximum Gasteiger partial charge on any atom is 0.319 e. The summed E-state index contributed by atoms with van der Waals surface area (Å²) in [6.45, 7) is 12.9. The van der Waals surface area contributed by atoms with Gasteiger partial charge in [-0.2, -0.15) is 0 Å². The number of aryl methyl sites for hydroxylation is 1. The molecular weight excluding hydrogens is 641 g/mol. The minimum Gasteiger partial charge on any atom is -0.507 e. The number of piperidine rings is 1. The number of methoxy groups -OCH3 is 1. The third-order valence-electron chi connectivity index (χ3n) is 10.4. The molecule has 12 nitrogen and oxygen atoms in total. The molecule has 13 heteroatoms. The van der Waals surface area contributed by atoms with Crippen molar-refractivity contribution in [3.05, 3.63) is 65.0 Å². The fourth-order valence-electron chi connectivity index (χ4n) is 6.92. The van der Waals surface area contributed by atoms with Crippen LogP contribution in [0.1, 0.15) is 55.7 Å². The highest BCUT2D eigenvalue weighted by Crippen LogP contribution is 2.41. The lowest BCUT2D eigenvalue weighted by Crippen LogP contribution is -2.46. The number of piperazine rings is 1. The molecule has 256 valence electrons. The molecule has 1 atom stereocenters. The fraction of sp³-hybridized carbons (Fsp3) is 0.444. The Morgan fingerprint density at radius 1 is 1.00 bits per heavy atom. The van der Waals surface area contributed by atoms with Crippen LogP contribution >= 0.6 is 11.3 Å². The van der Waals surface area contributed by atoms with E-state index in [0.29, 0.717) is 22.9 Å². The van der Waals surface area contributed by atoms with Gasteiger partial charge >= 0.3 is 5.97 Å². The number of para-hydroxylation sites is 1. The zero-order valence-electron chi connectivity index (χ0n) is 28.6. The SMILES string of the molecule is COC(=O)C(C)(c1cc(N2CCN(c3cnc(N4CCC(c5sc6nnc(-c7ccccc7O)cc6c5C)CC4)nc3)CC2)no1)C(C)C. The number of carbonyl (C=O) groups is 1. The molecule has 0 bridgehead atoms. The monoisotopic (exact) mass is 682 g/mol. The number of esters is 1. The summed E-state index contributed by atoms with van der Waals surface area (Å²) in [5.41, 5.74) is 2.74. The number of rotatable bonds is 8. The summed E-state index contributed by atoms with van der Waals surface area (Å²) in [5, 5.41) is 24.7. The number of thiophene rings is 1. The van der Waals surface area contributed by atoms with Crippen LogP contribution in [0.5, 0.6) is 5.75 Å². The summed E-state index contributed by atoms with van der Waals surface area (Å²) in [5.74, 6) is 2.33. The van der Waals surface area contributed by atoms with E-state index >= 15 is 0 Å². The van der Waals surface area contributed by atoms with E-state index in [1.165, 1.54) is 17.6 Å². The zero-order chi connectivity index (χ0) is 34.3. The smallest absolute Gasteiger partial charge is 0.319 e. The zero-order valence-corrected chi connectivity index (χ0v) is 29.4. The van der Waals surface area contributed by atoms with Crippen molar-refractivity contribution in [3.8, 4) is 17.0 Å². The van der Waals surface area contributed by atoms with Gasteiger partial charge in [0.1, 0.15) is 16.0 Å². The summed E-state index contributed by atoms with van der Waals surface area (Å²) >= 11 is 1.73. The highest BCUT2D eigenvalue weighted by atomic mass is 32.1. The number of ether oxygens (including phenoxy) is 1. The second-order valence-corrected chi connectivity index (χ2v) is 14.5. The molecule has 6 heterocycles. The topological polar surface area (TPSA) is 134 Å². The van der Waals surface area contributed by atoms with E-state index < -0.39 is 5.41 Å². The molecule has 2 fully saturated rings. The Morgan fingerprint density at radius 3 is 2.37 bits per heavy atom. The average molecular weight is 683 g/mol. The van der Waals surface area contributed by atoms with Crippen molar-refractivity contribution in [2.45, 2.75) is 51.9 Å². The van der Waals surface area contributed by atoms with Crippen molar-refractivity contribution < 1.29 is 19.2 Å². The van der Waals surface area contributed by atoms with Crippen LogP contribution in [0.3, 0.4) is 0 Å². The van der Waals surface area contributed by atoms with Gasteiger partial charge in [-0.3, -0.25) is 4.79 Å². The second-order valence-electron chi connectivity index (χ2n) is 13.4. The van der Waals surface area contributed by atoms with Gasteiger partial charge in [-0.15, -0.1) is 21.5 Å². The number of benzene rings is 1. The Morgan fingerprint density at radius 2 is 1.69 bits per heavy atom. The van der Waals surface area contributed by atoms with Crippen LogP contribution in [0.25, 0.3) is 21.5 Å². The first-order chi connectivity index (χ1) is 23.7. The van der Waals surface area contributed by atoms with Gasteiger partial charge in [-0.25, -0.2) is 9.97 Å². The number of hydrogen-bond donors (Lipinski definition) is 1. The predicted molar refractivity (Wildman–Crippen MR) is 191 cm³/mol. The molecule has 0 aliphatic carbocycles. The summed E-state index contributed by atoms with van der Waals surface area (Å²) in [6, 6.07) is 11.2. The molecule has 0 radical (unpaired) electrons.